The van der Waals surface area contributed by atoms with Crippen LogP contribution in [0.25, 0.3) is 0 Å². The Morgan fingerprint density at radius 2 is 2.10 bits per heavy atom. The van der Waals surface area contributed by atoms with Crippen molar-refractivity contribution < 1.29 is 14.0 Å². The Hall–Kier alpha value is -2.11. The van der Waals surface area contributed by atoms with Crippen molar-refractivity contribution in [2.75, 3.05) is 26.4 Å². The molecule has 1 fully saturated rings. The molecule has 5 nitrogen and oxygen atoms in total. The van der Waals surface area contributed by atoms with E-state index in [-0.39, 0.29) is 17.2 Å². The third kappa shape index (κ3) is 2.59. The molecule has 0 saturated carbocycles. The van der Waals surface area contributed by atoms with Crippen LogP contribution in [0.4, 0.5) is 10.1 Å². The first-order valence-corrected chi connectivity index (χ1v) is 6.49. The number of nitrogens with two attached hydrogens (primary N) is 1. The van der Waals surface area contributed by atoms with Gasteiger partial charge in [0.05, 0.1) is 5.56 Å². The van der Waals surface area contributed by atoms with Crippen LogP contribution < -0.4 is 5.73 Å². The molecule has 0 radical (unpaired) electrons. The van der Waals surface area contributed by atoms with Crippen molar-refractivity contribution in [2.24, 2.45) is 0 Å². The zero-order valence-corrected chi connectivity index (χ0v) is 11.6. The van der Waals surface area contributed by atoms with Gasteiger partial charge in [0.25, 0.3) is 5.91 Å². The standard InChI is InChI=1S/C14H18FN3O2/c1-17(2)14(20)12-4-3-7-18(12)13(19)10-6-5-9(16)8-11(10)15/h5-6,8,12H,3-4,7,16H2,1-2H3. The summed E-state index contributed by atoms with van der Waals surface area (Å²) < 4.78 is 13.8. The number of nitrogen functional groups attached to an aromatic ring is 1. The number of hydrogen-bond donors (Lipinski definition) is 1. The molecule has 2 amide bonds. The minimum absolute atomic E-state index is 0.0438. The van der Waals surface area contributed by atoms with Crippen molar-refractivity contribution in [3.05, 3.63) is 29.6 Å². The lowest BCUT2D eigenvalue weighted by Gasteiger charge is -2.26. The number of likely N-dealkylation sites (tertiary alicyclic amines) is 1. The molecular formula is C14H18FN3O2. The Kier molecular flexibility index (Phi) is 3.92. The molecule has 0 spiro atoms. The molecule has 1 aromatic rings. The molecule has 1 aliphatic heterocycles. The summed E-state index contributed by atoms with van der Waals surface area (Å²) in [5.74, 6) is -1.25. The maximum atomic E-state index is 13.8. The molecule has 2 N–H and O–H groups in total. The lowest BCUT2D eigenvalue weighted by molar-refractivity contribution is -0.132. The van der Waals surface area contributed by atoms with Gasteiger partial charge >= 0.3 is 0 Å². The first-order chi connectivity index (χ1) is 9.41. The summed E-state index contributed by atoms with van der Waals surface area (Å²) in [6.07, 6.45) is 1.35. The number of amides is 2. The number of halogens is 1. The average molecular weight is 279 g/mol. The van der Waals surface area contributed by atoms with Crippen LogP contribution in [0.5, 0.6) is 0 Å². The SMILES string of the molecule is CN(C)C(=O)C1CCCN1C(=O)c1ccc(N)cc1F. The molecule has 1 unspecified atom stereocenters. The predicted molar refractivity (Wildman–Crippen MR) is 73.6 cm³/mol. The average Bonchev–Trinajstić information content (AvgIpc) is 2.86. The van der Waals surface area contributed by atoms with Gasteiger partial charge in [-0.05, 0) is 31.0 Å². The number of likely N-dealkylation sites (N-methyl/N-ethyl adjacent to an activating group) is 1. The van der Waals surface area contributed by atoms with Crippen LogP contribution in [0.15, 0.2) is 18.2 Å². The Labute approximate surface area is 117 Å². The third-order valence-corrected chi connectivity index (χ3v) is 3.46. The lowest BCUT2D eigenvalue weighted by atomic mass is 10.1. The number of nitrogens with zero attached hydrogens (tertiary/aromatic N) is 2. The summed E-state index contributed by atoms with van der Waals surface area (Å²) in [5, 5.41) is 0. The second-order valence-electron chi connectivity index (χ2n) is 5.13. The Balaban J connectivity index is 2.25. The first-order valence-electron chi connectivity index (χ1n) is 6.49. The van der Waals surface area contributed by atoms with E-state index in [4.69, 9.17) is 5.73 Å². The highest BCUT2D eigenvalue weighted by molar-refractivity contribution is 5.98. The lowest BCUT2D eigenvalue weighted by Crippen LogP contribution is -2.45. The zero-order chi connectivity index (χ0) is 14.9. The smallest absolute Gasteiger partial charge is 0.257 e. The van der Waals surface area contributed by atoms with Gasteiger partial charge in [-0.3, -0.25) is 9.59 Å². The minimum Gasteiger partial charge on any atom is -0.399 e. The fourth-order valence-electron chi connectivity index (χ4n) is 2.42. The van der Waals surface area contributed by atoms with Crippen LogP contribution >= 0.6 is 0 Å². The molecular weight excluding hydrogens is 261 g/mol. The molecule has 0 bridgehead atoms. The molecule has 108 valence electrons. The second-order valence-corrected chi connectivity index (χ2v) is 5.13. The molecule has 6 heteroatoms. The van der Waals surface area contributed by atoms with E-state index in [1.807, 2.05) is 0 Å². The highest BCUT2D eigenvalue weighted by Gasteiger charge is 2.36. The molecule has 20 heavy (non-hydrogen) atoms. The van der Waals surface area contributed by atoms with Crippen molar-refractivity contribution in [3.63, 3.8) is 0 Å². The zero-order valence-electron chi connectivity index (χ0n) is 11.6. The summed E-state index contributed by atoms with van der Waals surface area (Å²) in [6, 6.07) is 3.46. The van der Waals surface area contributed by atoms with E-state index in [1.54, 1.807) is 14.1 Å². The van der Waals surface area contributed by atoms with Crippen molar-refractivity contribution in [1.29, 1.82) is 0 Å². The molecule has 1 aromatic carbocycles. The molecule has 1 atom stereocenters. The summed E-state index contributed by atoms with van der Waals surface area (Å²) in [6.45, 7) is 0.465. The number of benzene rings is 1. The third-order valence-electron chi connectivity index (χ3n) is 3.46. The van der Waals surface area contributed by atoms with Crippen molar-refractivity contribution >= 4 is 17.5 Å². The molecule has 2 rings (SSSR count). The van der Waals surface area contributed by atoms with Gasteiger partial charge in [0.1, 0.15) is 11.9 Å². The van der Waals surface area contributed by atoms with E-state index in [0.29, 0.717) is 13.0 Å². The maximum absolute atomic E-state index is 13.8. The normalized spacial score (nSPS) is 18.1. The summed E-state index contributed by atoms with van der Waals surface area (Å²) >= 11 is 0. The van der Waals surface area contributed by atoms with E-state index < -0.39 is 17.8 Å². The van der Waals surface area contributed by atoms with E-state index in [1.165, 1.54) is 21.9 Å². The highest BCUT2D eigenvalue weighted by atomic mass is 19.1. The number of carbonyl (C=O) groups excluding carboxylic acids is 2. The van der Waals surface area contributed by atoms with Crippen molar-refractivity contribution in [2.45, 2.75) is 18.9 Å². The number of hydrogen-bond acceptors (Lipinski definition) is 3. The van der Waals surface area contributed by atoms with E-state index >= 15 is 0 Å². The fraction of sp³-hybridized carbons (Fsp3) is 0.429. The van der Waals surface area contributed by atoms with Gasteiger partial charge in [-0.25, -0.2) is 4.39 Å². The highest BCUT2D eigenvalue weighted by Crippen LogP contribution is 2.23. The number of carbonyl (C=O) groups is 2. The monoisotopic (exact) mass is 279 g/mol. The Morgan fingerprint density at radius 1 is 1.40 bits per heavy atom. The number of rotatable bonds is 2. The van der Waals surface area contributed by atoms with Gasteiger partial charge in [0.15, 0.2) is 0 Å². The van der Waals surface area contributed by atoms with Gasteiger partial charge in [-0.2, -0.15) is 0 Å². The largest absolute Gasteiger partial charge is 0.399 e. The molecule has 1 saturated heterocycles. The molecule has 1 heterocycles. The summed E-state index contributed by atoms with van der Waals surface area (Å²) in [4.78, 5) is 27.3. The van der Waals surface area contributed by atoms with Gasteiger partial charge < -0.3 is 15.5 Å². The van der Waals surface area contributed by atoms with Crippen LogP contribution in [0, 0.1) is 5.82 Å². The van der Waals surface area contributed by atoms with Crippen molar-refractivity contribution in [3.8, 4) is 0 Å². The van der Waals surface area contributed by atoms with Crippen LogP contribution in [0.1, 0.15) is 23.2 Å². The Morgan fingerprint density at radius 3 is 2.70 bits per heavy atom. The molecule has 0 aliphatic carbocycles. The maximum Gasteiger partial charge on any atom is 0.257 e. The van der Waals surface area contributed by atoms with Crippen LogP contribution in [0.3, 0.4) is 0 Å². The molecule has 0 aromatic heterocycles. The minimum atomic E-state index is -0.655. The fourth-order valence-corrected chi connectivity index (χ4v) is 2.42. The quantitative estimate of drug-likeness (QED) is 0.824. The topological polar surface area (TPSA) is 66.6 Å². The molecule has 1 aliphatic rings. The van der Waals surface area contributed by atoms with E-state index in [2.05, 4.69) is 0 Å². The van der Waals surface area contributed by atoms with Crippen LogP contribution in [-0.2, 0) is 4.79 Å². The van der Waals surface area contributed by atoms with Gasteiger partial charge in [0.2, 0.25) is 5.91 Å². The van der Waals surface area contributed by atoms with Crippen LogP contribution in [-0.4, -0.2) is 48.3 Å². The van der Waals surface area contributed by atoms with Gasteiger partial charge in [-0.1, -0.05) is 0 Å². The van der Waals surface area contributed by atoms with Gasteiger partial charge in [-0.15, -0.1) is 0 Å². The predicted octanol–water partition coefficient (Wildman–Crippen LogP) is 1.10. The second kappa shape index (κ2) is 5.48. The van der Waals surface area contributed by atoms with Crippen molar-refractivity contribution in [1.82, 2.24) is 9.80 Å². The van der Waals surface area contributed by atoms with E-state index in [0.717, 1.165) is 12.5 Å². The van der Waals surface area contributed by atoms with Crippen LogP contribution in [0.2, 0.25) is 0 Å². The first kappa shape index (κ1) is 14.3. The summed E-state index contributed by atoms with van der Waals surface area (Å²) in [7, 11) is 3.29. The van der Waals surface area contributed by atoms with Gasteiger partial charge in [0, 0.05) is 26.3 Å². The number of anilines is 1. The summed E-state index contributed by atoms with van der Waals surface area (Å²) in [5.41, 5.74) is 5.69. The van der Waals surface area contributed by atoms with E-state index in [9.17, 15) is 14.0 Å². The Bertz CT molecular complexity index is 545.